The van der Waals surface area contributed by atoms with Crippen molar-refractivity contribution in [1.29, 1.82) is 0 Å². The number of amides is 1. The molecule has 0 heterocycles. The maximum atomic E-state index is 12.9. The Morgan fingerprint density at radius 3 is 1.06 bits per heavy atom. The molecule has 3 unspecified atom stereocenters. The van der Waals surface area contributed by atoms with Crippen LogP contribution in [0, 0.1) is 0 Å². The number of hydrogen-bond acceptors (Lipinski definition) is 6. The fourth-order valence-corrected chi connectivity index (χ4v) is 10.5. The lowest BCUT2D eigenvalue weighted by atomic mass is 10.0. The molecule has 0 aliphatic carbocycles. The number of phosphoric acid groups is 1. The lowest BCUT2D eigenvalue weighted by Gasteiger charge is -2.29. The first kappa shape index (κ1) is 70.2. The van der Waals surface area contributed by atoms with Crippen molar-refractivity contribution in [2.24, 2.45) is 0 Å². The van der Waals surface area contributed by atoms with Gasteiger partial charge in [0.15, 0.2) is 0 Å². The third-order valence-electron chi connectivity index (χ3n) is 14.7. The third kappa shape index (κ3) is 56.8. The third-order valence-corrected chi connectivity index (χ3v) is 15.7. The largest absolute Gasteiger partial charge is 0.756 e. The molecule has 8 nitrogen and oxygen atoms in total. The molecule has 0 radical (unpaired) electrons. The van der Waals surface area contributed by atoms with Crippen molar-refractivity contribution >= 4 is 13.7 Å². The molecule has 0 aliphatic rings. The fourth-order valence-electron chi connectivity index (χ4n) is 9.81. The summed E-state index contributed by atoms with van der Waals surface area (Å²) in [6.07, 6.45) is 67.7. The van der Waals surface area contributed by atoms with Crippen molar-refractivity contribution in [3.05, 3.63) is 12.2 Å². The number of rotatable bonds is 59. The molecule has 3 atom stereocenters. The van der Waals surface area contributed by atoms with Crippen LogP contribution in [-0.4, -0.2) is 68.5 Å². The molecule has 1 amide bonds. The van der Waals surface area contributed by atoms with Crippen LogP contribution >= 0.6 is 7.82 Å². The van der Waals surface area contributed by atoms with Gasteiger partial charge in [0.05, 0.1) is 39.9 Å². The normalized spacial score (nSPS) is 13.8. The van der Waals surface area contributed by atoms with Crippen molar-refractivity contribution < 1.29 is 32.9 Å². The number of unbranched alkanes of at least 4 members (excludes halogenated alkanes) is 46. The molecule has 0 aliphatic heterocycles. The van der Waals surface area contributed by atoms with Gasteiger partial charge in [0, 0.05) is 6.42 Å². The molecule has 0 aromatic heterocycles. The van der Waals surface area contributed by atoms with Gasteiger partial charge in [-0.25, -0.2) is 0 Å². The van der Waals surface area contributed by atoms with Gasteiger partial charge in [-0.1, -0.05) is 315 Å². The van der Waals surface area contributed by atoms with Gasteiger partial charge < -0.3 is 28.8 Å². The van der Waals surface area contributed by atoms with Crippen LogP contribution in [0.15, 0.2) is 12.2 Å². The molecule has 0 saturated carbocycles. The minimum atomic E-state index is -4.59. The number of aliphatic hydroxyl groups excluding tert-OH is 1. The minimum absolute atomic E-state index is 0.00237. The molecule has 0 fully saturated rings. The quantitative estimate of drug-likeness (QED) is 0.0272. The number of aliphatic hydroxyl groups is 1. The summed E-state index contributed by atoms with van der Waals surface area (Å²) >= 11 is 0. The summed E-state index contributed by atoms with van der Waals surface area (Å²) in [6.45, 7) is 4.68. The topological polar surface area (TPSA) is 108 Å². The predicted molar refractivity (Wildman–Crippen MR) is 307 cm³/mol. The van der Waals surface area contributed by atoms with Crippen molar-refractivity contribution in [1.82, 2.24) is 5.32 Å². The zero-order valence-corrected chi connectivity index (χ0v) is 49.4. The lowest BCUT2D eigenvalue weighted by molar-refractivity contribution is -0.870. The first-order chi connectivity index (χ1) is 34.5. The van der Waals surface area contributed by atoms with Gasteiger partial charge in [-0.2, -0.15) is 0 Å². The highest BCUT2D eigenvalue weighted by atomic mass is 31.2. The van der Waals surface area contributed by atoms with Crippen LogP contribution < -0.4 is 10.2 Å². The van der Waals surface area contributed by atoms with E-state index in [1.165, 1.54) is 270 Å². The van der Waals surface area contributed by atoms with Crippen molar-refractivity contribution in [2.45, 2.75) is 341 Å². The van der Waals surface area contributed by atoms with Gasteiger partial charge in [0.25, 0.3) is 7.82 Å². The molecule has 424 valence electrons. The average Bonchev–Trinajstić information content (AvgIpc) is 3.33. The number of likely N-dealkylation sites (N-methyl/N-ethyl adjacent to an activating group) is 1. The summed E-state index contributed by atoms with van der Waals surface area (Å²) in [5, 5.41) is 13.8. The smallest absolute Gasteiger partial charge is 0.268 e. The Kier molecular flexibility index (Phi) is 53.5. The highest BCUT2D eigenvalue weighted by Crippen LogP contribution is 2.38. The second-order valence-corrected chi connectivity index (χ2v) is 24.5. The Labute approximate surface area is 443 Å². The number of carbonyl (C=O) groups excluding carboxylic acids is 1. The molecular formula is C62H125N2O6P. The number of quaternary nitrogens is 1. The van der Waals surface area contributed by atoms with Crippen LogP contribution in [0.5, 0.6) is 0 Å². The van der Waals surface area contributed by atoms with Crippen LogP contribution in [0.1, 0.15) is 328 Å². The highest BCUT2D eigenvalue weighted by Gasteiger charge is 2.23. The Bertz CT molecular complexity index is 1160. The molecule has 0 spiro atoms. The number of nitrogens with zero attached hydrogens (tertiary/aromatic N) is 1. The van der Waals surface area contributed by atoms with E-state index < -0.39 is 20.0 Å². The predicted octanol–water partition coefficient (Wildman–Crippen LogP) is 18.8. The molecule has 0 bridgehead atoms. The number of hydrogen-bond donors (Lipinski definition) is 2. The number of allylic oxidation sites excluding steroid dienone is 1. The Morgan fingerprint density at radius 1 is 0.479 bits per heavy atom. The van der Waals surface area contributed by atoms with E-state index in [9.17, 15) is 19.4 Å². The van der Waals surface area contributed by atoms with E-state index in [4.69, 9.17) is 9.05 Å². The second kappa shape index (κ2) is 54.0. The van der Waals surface area contributed by atoms with E-state index in [-0.39, 0.29) is 19.1 Å². The first-order valence-corrected chi connectivity index (χ1v) is 33.0. The van der Waals surface area contributed by atoms with E-state index in [1.807, 2.05) is 27.2 Å². The van der Waals surface area contributed by atoms with Gasteiger partial charge >= 0.3 is 0 Å². The second-order valence-electron chi connectivity index (χ2n) is 23.1. The minimum Gasteiger partial charge on any atom is -0.756 e. The standard InChI is InChI=1S/C62H125N2O6P/c1-6-8-10-12-14-16-18-20-21-22-23-24-25-26-27-28-29-30-31-32-33-34-35-36-37-38-39-40-41-42-43-44-46-48-50-52-54-56-62(66)63-60(59-70-71(67,68)69-58-57-64(3,4)5)61(65)55-53-51-49-47-45-19-17-15-13-11-9-7-2/h53,55,60-61,65H,6-52,54,56-59H2,1-5H3,(H-,63,66,67,68)/b55-53+. The zero-order chi connectivity index (χ0) is 52.0. The maximum Gasteiger partial charge on any atom is 0.268 e. The summed E-state index contributed by atoms with van der Waals surface area (Å²) in [4.78, 5) is 25.4. The monoisotopic (exact) mass is 1020 g/mol. The molecule has 9 heteroatoms. The van der Waals surface area contributed by atoms with Crippen molar-refractivity contribution in [2.75, 3.05) is 40.9 Å². The summed E-state index contributed by atoms with van der Waals surface area (Å²) in [7, 11) is 1.28. The van der Waals surface area contributed by atoms with Gasteiger partial charge in [-0.15, -0.1) is 0 Å². The molecular weight excluding hydrogens is 900 g/mol. The molecule has 0 aromatic rings. The maximum absolute atomic E-state index is 12.9. The van der Waals surface area contributed by atoms with E-state index in [1.54, 1.807) is 6.08 Å². The lowest BCUT2D eigenvalue weighted by Crippen LogP contribution is -2.45. The van der Waals surface area contributed by atoms with E-state index >= 15 is 0 Å². The summed E-state index contributed by atoms with van der Waals surface area (Å²) in [5.41, 5.74) is 0. The van der Waals surface area contributed by atoms with Gasteiger partial charge in [-0.3, -0.25) is 9.36 Å². The van der Waals surface area contributed by atoms with E-state index in [0.717, 1.165) is 38.5 Å². The molecule has 0 saturated heterocycles. The van der Waals surface area contributed by atoms with Crippen molar-refractivity contribution in [3.63, 3.8) is 0 Å². The summed E-state index contributed by atoms with van der Waals surface area (Å²) in [5.74, 6) is -0.191. The Balaban J connectivity index is 3.84. The van der Waals surface area contributed by atoms with Gasteiger partial charge in [0.2, 0.25) is 5.91 Å². The SMILES string of the molecule is CCCCCCCCCCCC/C=C/C(O)C(COP(=O)([O-])OCC[N+](C)(C)C)NC(=O)CCCCCCCCCCCCCCCCCCCCCCCCCCCCCCCCCCCCCCC. The molecule has 0 rings (SSSR count). The van der Waals surface area contributed by atoms with Crippen LogP contribution in [0.25, 0.3) is 0 Å². The number of phosphoric ester groups is 1. The number of nitrogens with one attached hydrogen (secondary N) is 1. The van der Waals surface area contributed by atoms with E-state index in [0.29, 0.717) is 17.4 Å². The fraction of sp³-hybridized carbons (Fsp3) is 0.952. The van der Waals surface area contributed by atoms with E-state index in [2.05, 4.69) is 19.2 Å². The van der Waals surface area contributed by atoms with Crippen molar-refractivity contribution in [3.8, 4) is 0 Å². The highest BCUT2D eigenvalue weighted by molar-refractivity contribution is 7.45. The van der Waals surface area contributed by atoms with Crippen LogP contribution in [-0.2, 0) is 18.4 Å². The Morgan fingerprint density at radius 2 is 0.761 bits per heavy atom. The zero-order valence-electron chi connectivity index (χ0n) is 48.5. The molecule has 2 N–H and O–H groups in total. The first-order valence-electron chi connectivity index (χ1n) is 31.6. The average molecular weight is 1030 g/mol. The molecule has 0 aromatic carbocycles. The number of carbonyl (C=O) groups is 1. The van der Waals surface area contributed by atoms with Crippen LogP contribution in [0.3, 0.4) is 0 Å². The van der Waals surface area contributed by atoms with Crippen LogP contribution in [0.2, 0.25) is 0 Å². The summed E-state index contributed by atoms with van der Waals surface area (Å²) in [6, 6.07) is -0.881. The summed E-state index contributed by atoms with van der Waals surface area (Å²) < 4.78 is 23.3. The van der Waals surface area contributed by atoms with Crippen LogP contribution in [0.4, 0.5) is 0 Å². The molecule has 71 heavy (non-hydrogen) atoms. The van der Waals surface area contributed by atoms with Gasteiger partial charge in [0.1, 0.15) is 13.2 Å². The van der Waals surface area contributed by atoms with Gasteiger partial charge in [-0.05, 0) is 19.3 Å². The Hall–Kier alpha value is -0.760.